The molecule has 0 atom stereocenters. The fourth-order valence-corrected chi connectivity index (χ4v) is 1.84. The molecule has 1 aliphatic heterocycles. The number of carbonyl (C=O) groups is 2. The maximum Gasteiger partial charge on any atom is 0.327 e. The first-order chi connectivity index (χ1) is 9.11. The number of likely N-dealkylation sites (N-methyl/N-ethyl adjacent to an activating group) is 1. The van der Waals surface area contributed by atoms with Crippen molar-refractivity contribution in [1.82, 2.24) is 9.80 Å². The van der Waals surface area contributed by atoms with E-state index in [1.54, 1.807) is 19.2 Å². The van der Waals surface area contributed by atoms with E-state index < -0.39 is 0 Å². The summed E-state index contributed by atoms with van der Waals surface area (Å²) in [6, 6.07) is 6.97. The van der Waals surface area contributed by atoms with Crippen LogP contribution in [0.15, 0.2) is 24.3 Å². The number of rotatable bonds is 2. The number of hydrogen-bond donors (Lipinski definition) is 1. The number of nitrogens with zero attached hydrogens (tertiary/aromatic N) is 2. The number of amides is 3. The van der Waals surface area contributed by atoms with Gasteiger partial charge in [-0.2, -0.15) is 0 Å². The van der Waals surface area contributed by atoms with E-state index >= 15 is 0 Å². The second kappa shape index (κ2) is 5.55. The number of imide groups is 1. The second-order valence-corrected chi connectivity index (χ2v) is 4.28. The zero-order valence-corrected chi connectivity index (χ0v) is 10.6. The van der Waals surface area contributed by atoms with Gasteiger partial charge in [-0.1, -0.05) is 24.0 Å². The lowest BCUT2D eigenvalue weighted by atomic mass is 10.1. The van der Waals surface area contributed by atoms with Gasteiger partial charge in [0.25, 0.3) is 5.91 Å². The molecule has 0 aromatic heterocycles. The third kappa shape index (κ3) is 2.92. The van der Waals surface area contributed by atoms with Crippen molar-refractivity contribution in [3.05, 3.63) is 35.4 Å². The van der Waals surface area contributed by atoms with Crippen molar-refractivity contribution >= 4 is 11.9 Å². The molecule has 5 nitrogen and oxygen atoms in total. The van der Waals surface area contributed by atoms with E-state index in [1.165, 1.54) is 9.80 Å². The molecule has 1 aromatic rings. The fourth-order valence-electron chi connectivity index (χ4n) is 1.84. The van der Waals surface area contributed by atoms with Crippen LogP contribution in [0.5, 0.6) is 0 Å². The quantitative estimate of drug-likeness (QED) is 0.618. The SMILES string of the molecule is CN1CC(=O)N(Cc2ccc(C#CCO)cc2)C1=O. The van der Waals surface area contributed by atoms with Gasteiger partial charge in [0, 0.05) is 12.6 Å². The molecule has 98 valence electrons. The first-order valence-corrected chi connectivity index (χ1v) is 5.86. The Morgan fingerprint density at radius 3 is 2.47 bits per heavy atom. The highest BCUT2D eigenvalue weighted by Crippen LogP contribution is 2.13. The summed E-state index contributed by atoms with van der Waals surface area (Å²) in [5, 5.41) is 8.60. The van der Waals surface area contributed by atoms with Gasteiger partial charge in [0.05, 0.1) is 6.54 Å². The molecule has 0 radical (unpaired) electrons. The molecule has 3 amide bonds. The van der Waals surface area contributed by atoms with Crippen LogP contribution in [-0.4, -0.2) is 47.0 Å². The van der Waals surface area contributed by atoms with Crippen molar-refractivity contribution in [2.75, 3.05) is 20.2 Å². The van der Waals surface area contributed by atoms with Crippen molar-refractivity contribution in [2.45, 2.75) is 6.54 Å². The third-order valence-corrected chi connectivity index (χ3v) is 2.84. The first-order valence-electron chi connectivity index (χ1n) is 5.86. The van der Waals surface area contributed by atoms with Gasteiger partial charge in [-0.3, -0.25) is 9.69 Å². The fraction of sp³-hybridized carbons (Fsp3) is 0.286. The standard InChI is InChI=1S/C14H14N2O3/c1-15-10-13(18)16(14(15)19)9-12-6-4-11(5-7-12)3-2-8-17/h4-7,17H,8-10H2,1H3. The van der Waals surface area contributed by atoms with Crippen LogP contribution in [0.4, 0.5) is 4.79 Å². The molecule has 0 spiro atoms. The van der Waals surface area contributed by atoms with E-state index in [-0.39, 0.29) is 31.6 Å². The van der Waals surface area contributed by atoms with Crippen molar-refractivity contribution < 1.29 is 14.7 Å². The van der Waals surface area contributed by atoms with Crippen molar-refractivity contribution in [2.24, 2.45) is 0 Å². The zero-order chi connectivity index (χ0) is 13.8. The monoisotopic (exact) mass is 258 g/mol. The van der Waals surface area contributed by atoms with Crippen LogP contribution in [0.3, 0.4) is 0 Å². The maximum absolute atomic E-state index is 11.7. The molecule has 5 heteroatoms. The van der Waals surface area contributed by atoms with Gasteiger partial charge < -0.3 is 10.0 Å². The van der Waals surface area contributed by atoms with Crippen LogP contribution < -0.4 is 0 Å². The molecule has 1 heterocycles. The van der Waals surface area contributed by atoms with Crippen LogP contribution in [0.25, 0.3) is 0 Å². The largest absolute Gasteiger partial charge is 0.384 e. The van der Waals surface area contributed by atoms with Crippen LogP contribution >= 0.6 is 0 Å². The molecule has 19 heavy (non-hydrogen) atoms. The number of hydrogen-bond acceptors (Lipinski definition) is 3. The Morgan fingerprint density at radius 2 is 1.95 bits per heavy atom. The molecule has 0 bridgehead atoms. The Bertz CT molecular complexity index is 554. The lowest BCUT2D eigenvalue weighted by Gasteiger charge is -2.13. The van der Waals surface area contributed by atoms with Crippen LogP contribution in [0, 0.1) is 11.8 Å². The highest BCUT2D eigenvalue weighted by molar-refractivity contribution is 6.01. The second-order valence-electron chi connectivity index (χ2n) is 4.28. The molecule has 1 saturated heterocycles. The predicted molar refractivity (Wildman–Crippen MR) is 69.0 cm³/mol. The summed E-state index contributed by atoms with van der Waals surface area (Å²) in [5.74, 6) is 5.16. The summed E-state index contributed by atoms with van der Waals surface area (Å²) >= 11 is 0. The highest BCUT2D eigenvalue weighted by atomic mass is 16.2. The normalized spacial score (nSPS) is 14.6. The van der Waals surface area contributed by atoms with Gasteiger partial charge in [0.2, 0.25) is 0 Å². The van der Waals surface area contributed by atoms with Gasteiger partial charge in [-0.05, 0) is 17.7 Å². The molecule has 1 aliphatic rings. The lowest BCUT2D eigenvalue weighted by Crippen LogP contribution is -2.30. The number of benzene rings is 1. The van der Waals surface area contributed by atoms with E-state index in [9.17, 15) is 9.59 Å². The average Bonchev–Trinajstić information content (AvgIpc) is 2.64. The first kappa shape index (κ1) is 13.1. The molecule has 2 rings (SSSR count). The van der Waals surface area contributed by atoms with Crippen LogP contribution in [0.2, 0.25) is 0 Å². The average molecular weight is 258 g/mol. The van der Waals surface area contributed by atoms with Crippen molar-refractivity contribution in [3.8, 4) is 11.8 Å². The number of aliphatic hydroxyl groups excluding tert-OH is 1. The van der Waals surface area contributed by atoms with E-state index in [0.29, 0.717) is 0 Å². The van der Waals surface area contributed by atoms with Crippen molar-refractivity contribution in [3.63, 3.8) is 0 Å². The minimum atomic E-state index is -0.269. The summed E-state index contributed by atoms with van der Waals surface area (Å²) < 4.78 is 0. The molecule has 1 N–H and O–H groups in total. The minimum Gasteiger partial charge on any atom is -0.384 e. The Labute approximate surface area is 111 Å². The topological polar surface area (TPSA) is 60.9 Å². The number of carbonyl (C=O) groups excluding carboxylic acids is 2. The Hall–Kier alpha value is -2.32. The summed E-state index contributed by atoms with van der Waals surface area (Å²) in [7, 11) is 1.60. The zero-order valence-electron chi connectivity index (χ0n) is 10.6. The minimum absolute atomic E-state index is 0.138. The molecule has 0 saturated carbocycles. The smallest absolute Gasteiger partial charge is 0.327 e. The highest BCUT2D eigenvalue weighted by Gasteiger charge is 2.33. The Kier molecular flexibility index (Phi) is 3.83. The predicted octanol–water partition coefficient (Wildman–Crippen LogP) is 0.424. The van der Waals surface area contributed by atoms with E-state index in [0.717, 1.165) is 11.1 Å². The van der Waals surface area contributed by atoms with Crippen molar-refractivity contribution in [1.29, 1.82) is 0 Å². The van der Waals surface area contributed by atoms with Crippen LogP contribution in [-0.2, 0) is 11.3 Å². The molecule has 1 fully saturated rings. The van der Waals surface area contributed by atoms with Gasteiger partial charge in [-0.15, -0.1) is 0 Å². The molecule has 0 aliphatic carbocycles. The van der Waals surface area contributed by atoms with Gasteiger partial charge in [-0.25, -0.2) is 4.79 Å². The van der Waals surface area contributed by atoms with Gasteiger partial charge in [0.15, 0.2) is 0 Å². The molecule has 0 unspecified atom stereocenters. The Morgan fingerprint density at radius 1 is 1.26 bits per heavy atom. The van der Waals surface area contributed by atoms with Gasteiger partial charge >= 0.3 is 6.03 Å². The summed E-state index contributed by atoms with van der Waals surface area (Å²) in [6.07, 6.45) is 0. The molecule has 1 aromatic carbocycles. The summed E-state index contributed by atoms with van der Waals surface area (Å²) in [6.45, 7) is 0.236. The Balaban J connectivity index is 2.08. The third-order valence-electron chi connectivity index (χ3n) is 2.84. The maximum atomic E-state index is 11.7. The summed E-state index contributed by atoms with van der Waals surface area (Å²) in [4.78, 5) is 26.0. The van der Waals surface area contributed by atoms with Crippen LogP contribution in [0.1, 0.15) is 11.1 Å². The summed E-state index contributed by atoms with van der Waals surface area (Å²) in [5.41, 5.74) is 1.65. The number of urea groups is 1. The lowest BCUT2D eigenvalue weighted by molar-refractivity contribution is -0.125. The van der Waals surface area contributed by atoms with E-state index in [4.69, 9.17) is 5.11 Å². The van der Waals surface area contributed by atoms with E-state index in [2.05, 4.69) is 11.8 Å². The molecular formula is C14H14N2O3. The van der Waals surface area contributed by atoms with Gasteiger partial charge in [0.1, 0.15) is 13.2 Å². The number of aliphatic hydroxyl groups is 1. The van der Waals surface area contributed by atoms with E-state index in [1.807, 2.05) is 12.1 Å². The molecular weight excluding hydrogens is 244 g/mol.